The highest BCUT2D eigenvalue weighted by Gasteiger charge is 2.48. The SMILES string of the molecule is CCOC(=O)C(Cc1ccccn1)(CC(C)C)C(=O)O. The highest BCUT2D eigenvalue weighted by molar-refractivity contribution is 5.99. The third-order valence-corrected chi connectivity index (χ3v) is 3.04. The number of carbonyl (C=O) groups is 2. The van der Waals surface area contributed by atoms with Crippen molar-refractivity contribution in [3.63, 3.8) is 0 Å². The van der Waals surface area contributed by atoms with Gasteiger partial charge in [-0.2, -0.15) is 0 Å². The molecule has 5 nitrogen and oxygen atoms in total. The molecule has 0 radical (unpaired) electrons. The third-order valence-electron chi connectivity index (χ3n) is 3.04. The maximum Gasteiger partial charge on any atom is 0.323 e. The molecule has 1 aromatic heterocycles. The summed E-state index contributed by atoms with van der Waals surface area (Å²) in [5.41, 5.74) is -0.998. The smallest absolute Gasteiger partial charge is 0.323 e. The molecule has 0 saturated carbocycles. The highest BCUT2D eigenvalue weighted by atomic mass is 16.5. The van der Waals surface area contributed by atoms with Crippen molar-refractivity contribution in [1.29, 1.82) is 0 Å². The maximum atomic E-state index is 12.2. The molecule has 0 aliphatic carbocycles. The average Bonchev–Trinajstić information content (AvgIpc) is 2.38. The van der Waals surface area contributed by atoms with Crippen LogP contribution in [0.3, 0.4) is 0 Å². The first-order chi connectivity index (χ1) is 9.42. The van der Waals surface area contributed by atoms with Gasteiger partial charge in [0.2, 0.25) is 0 Å². The summed E-state index contributed by atoms with van der Waals surface area (Å²) in [6.07, 6.45) is 1.85. The summed E-state index contributed by atoms with van der Waals surface area (Å²) >= 11 is 0. The molecule has 0 aliphatic heterocycles. The summed E-state index contributed by atoms with van der Waals surface area (Å²) < 4.78 is 4.99. The van der Waals surface area contributed by atoms with E-state index in [1.807, 2.05) is 13.8 Å². The molecule has 20 heavy (non-hydrogen) atoms. The highest BCUT2D eigenvalue weighted by Crippen LogP contribution is 2.32. The lowest BCUT2D eigenvalue weighted by atomic mass is 9.76. The lowest BCUT2D eigenvalue weighted by Crippen LogP contribution is -2.44. The molecule has 1 N–H and O–H groups in total. The van der Waals surface area contributed by atoms with Crippen molar-refractivity contribution < 1.29 is 19.4 Å². The molecule has 1 atom stereocenters. The average molecular weight is 279 g/mol. The summed E-state index contributed by atoms with van der Waals surface area (Å²) in [6, 6.07) is 5.24. The van der Waals surface area contributed by atoms with Crippen LogP contribution >= 0.6 is 0 Å². The molecule has 0 spiro atoms. The Morgan fingerprint density at radius 2 is 2.10 bits per heavy atom. The Balaban J connectivity index is 3.15. The van der Waals surface area contributed by atoms with Gasteiger partial charge in [-0.05, 0) is 31.4 Å². The van der Waals surface area contributed by atoms with Crippen molar-refractivity contribution in [2.75, 3.05) is 6.61 Å². The van der Waals surface area contributed by atoms with E-state index in [2.05, 4.69) is 4.98 Å². The Hall–Kier alpha value is -1.91. The van der Waals surface area contributed by atoms with Crippen LogP contribution in [0.4, 0.5) is 0 Å². The van der Waals surface area contributed by atoms with Gasteiger partial charge in [-0.15, -0.1) is 0 Å². The second-order valence-electron chi connectivity index (χ2n) is 5.20. The Kier molecular flexibility index (Phi) is 5.67. The molecule has 1 rings (SSSR count). The Labute approximate surface area is 119 Å². The largest absolute Gasteiger partial charge is 0.480 e. The Morgan fingerprint density at radius 1 is 1.40 bits per heavy atom. The molecular formula is C15H21NO4. The van der Waals surface area contributed by atoms with E-state index in [0.29, 0.717) is 5.69 Å². The van der Waals surface area contributed by atoms with Gasteiger partial charge in [0.25, 0.3) is 0 Å². The molecule has 0 saturated heterocycles. The van der Waals surface area contributed by atoms with Crippen LogP contribution in [0, 0.1) is 11.3 Å². The topological polar surface area (TPSA) is 76.5 Å². The lowest BCUT2D eigenvalue weighted by molar-refractivity contribution is -0.170. The van der Waals surface area contributed by atoms with E-state index in [0.717, 1.165) is 0 Å². The maximum absolute atomic E-state index is 12.2. The minimum atomic E-state index is -1.57. The van der Waals surface area contributed by atoms with Gasteiger partial charge in [0.05, 0.1) is 6.61 Å². The monoisotopic (exact) mass is 279 g/mol. The zero-order valence-electron chi connectivity index (χ0n) is 12.1. The van der Waals surface area contributed by atoms with E-state index < -0.39 is 17.4 Å². The predicted molar refractivity (Wildman–Crippen MR) is 74.1 cm³/mol. The summed E-state index contributed by atoms with van der Waals surface area (Å²) in [4.78, 5) is 28.1. The minimum absolute atomic E-state index is 0.0419. The molecule has 0 aromatic carbocycles. The van der Waals surface area contributed by atoms with Gasteiger partial charge in [0, 0.05) is 18.3 Å². The van der Waals surface area contributed by atoms with Crippen LogP contribution in [0.2, 0.25) is 0 Å². The molecule has 0 amide bonds. The Morgan fingerprint density at radius 3 is 2.55 bits per heavy atom. The van der Waals surface area contributed by atoms with Crippen molar-refractivity contribution in [2.24, 2.45) is 11.3 Å². The number of carbonyl (C=O) groups excluding carboxylic acids is 1. The van der Waals surface area contributed by atoms with E-state index in [1.54, 1.807) is 31.3 Å². The van der Waals surface area contributed by atoms with Crippen LogP contribution in [-0.4, -0.2) is 28.6 Å². The second kappa shape index (κ2) is 7.03. The number of esters is 1. The molecule has 5 heteroatoms. The molecule has 0 aliphatic rings. The molecule has 110 valence electrons. The summed E-state index contributed by atoms with van der Waals surface area (Å²) in [5, 5.41) is 9.60. The minimum Gasteiger partial charge on any atom is -0.480 e. The van der Waals surface area contributed by atoms with Crippen LogP contribution in [-0.2, 0) is 20.7 Å². The molecule has 1 unspecified atom stereocenters. The van der Waals surface area contributed by atoms with Crippen molar-refractivity contribution in [2.45, 2.75) is 33.6 Å². The summed E-state index contributed by atoms with van der Waals surface area (Å²) in [7, 11) is 0. The fourth-order valence-corrected chi connectivity index (χ4v) is 2.26. The molecular weight excluding hydrogens is 258 g/mol. The zero-order chi connectivity index (χ0) is 15.2. The van der Waals surface area contributed by atoms with Gasteiger partial charge in [-0.1, -0.05) is 19.9 Å². The van der Waals surface area contributed by atoms with Crippen molar-refractivity contribution >= 4 is 11.9 Å². The van der Waals surface area contributed by atoms with E-state index in [9.17, 15) is 14.7 Å². The number of nitrogens with zero attached hydrogens (tertiary/aromatic N) is 1. The number of aromatic nitrogens is 1. The second-order valence-corrected chi connectivity index (χ2v) is 5.20. The molecule has 1 heterocycles. The number of ether oxygens (including phenoxy) is 1. The number of carboxylic acids is 1. The number of aliphatic carboxylic acids is 1. The standard InChI is InChI=1S/C15H21NO4/c1-4-20-14(19)15(13(17)18,9-11(2)3)10-12-7-5-6-8-16-12/h5-8,11H,4,9-10H2,1-3H3,(H,17,18). The number of hydrogen-bond donors (Lipinski definition) is 1. The summed E-state index contributed by atoms with van der Waals surface area (Å²) in [5.74, 6) is -1.79. The fourth-order valence-electron chi connectivity index (χ4n) is 2.26. The number of rotatable bonds is 7. The predicted octanol–water partition coefficient (Wildman–Crippen LogP) is 2.30. The number of carboxylic acid groups (broad SMARTS) is 1. The van der Waals surface area contributed by atoms with Crippen LogP contribution in [0.25, 0.3) is 0 Å². The van der Waals surface area contributed by atoms with E-state index in [1.165, 1.54) is 0 Å². The zero-order valence-corrected chi connectivity index (χ0v) is 12.1. The van der Waals surface area contributed by atoms with Gasteiger partial charge in [-0.25, -0.2) is 0 Å². The van der Waals surface area contributed by atoms with Crippen LogP contribution in [0.1, 0.15) is 32.9 Å². The van der Waals surface area contributed by atoms with Crippen LogP contribution < -0.4 is 0 Å². The first-order valence-corrected chi connectivity index (χ1v) is 6.73. The molecule has 0 bridgehead atoms. The van der Waals surface area contributed by atoms with Gasteiger partial charge in [0.15, 0.2) is 5.41 Å². The van der Waals surface area contributed by atoms with Crippen molar-refractivity contribution in [3.8, 4) is 0 Å². The van der Waals surface area contributed by atoms with Crippen LogP contribution in [0.5, 0.6) is 0 Å². The lowest BCUT2D eigenvalue weighted by Gasteiger charge is -2.28. The number of pyridine rings is 1. The van der Waals surface area contributed by atoms with Gasteiger partial charge >= 0.3 is 11.9 Å². The van der Waals surface area contributed by atoms with Gasteiger partial charge in [-0.3, -0.25) is 14.6 Å². The molecule has 0 fully saturated rings. The summed E-state index contributed by atoms with van der Waals surface area (Å²) in [6.45, 7) is 5.60. The molecule has 1 aromatic rings. The third kappa shape index (κ3) is 3.79. The number of hydrogen-bond acceptors (Lipinski definition) is 4. The van der Waals surface area contributed by atoms with E-state index in [4.69, 9.17) is 4.74 Å². The van der Waals surface area contributed by atoms with E-state index >= 15 is 0 Å². The first-order valence-electron chi connectivity index (χ1n) is 6.73. The first kappa shape index (κ1) is 16.1. The van der Waals surface area contributed by atoms with Crippen molar-refractivity contribution in [1.82, 2.24) is 4.98 Å². The van der Waals surface area contributed by atoms with Gasteiger partial charge < -0.3 is 9.84 Å². The van der Waals surface area contributed by atoms with E-state index in [-0.39, 0.29) is 25.4 Å². The normalized spacial score (nSPS) is 13.8. The fraction of sp³-hybridized carbons (Fsp3) is 0.533. The van der Waals surface area contributed by atoms with Crippen LogP contribution in [0.15, 0.2) is 24.4 Å². The Bertz CT molecular complexity index is 458. The van der Waals surface area contributed by atoms with Crippen molar-refractivity contribution in [3.05, 3.63) is 30.1 Å². The van der Waals surface area contributed by atoms with Gasteiger partial charge in [0.1, 0.15) is 0 Å². The quantitative estimate of drug-likeness (QED) is 0.612.